The minimum atomic E-state index is -0.0176. The zero-order valence-corrected chi connectivity index (χ0v) is 15.6. The van der Waals surface area contributed by atoms with Gasteiger partial charge in [-0.2, -0.15) is 0 Å². The van der Waals surface area contributed by atoms with Crippen molar-refractivity contribution in [3.63, 3.8) is 0 Å². The minimum absolute atomic E-state index is 0.0176. The van der Waals surface area contributed by atoms with Crippen LogP contribution >= 0.6 is 0 Å². The molecule has 1 saturated heterocycles. The van der Waals surface area contributed by atoms with Gasteiger partial charge in [0, 0.05) is 37.2 Å². The van der Waals surface area contributed by atoms with Crippen LogP contribution in [0.3, 0.4) is 0 Å². The third kappa shape index (κ3) is 3.94. The van der Waals surface area contributed by atoms with Gasteiger partial charge in [0.1, 0.15) is 0 Å². The van der Waals surface area contributed by atoms with Gasteiger partial charge < -0.3 is 14.8 Å². The molecule has 0 saturated carbocycles. The lowest BCUT2D eigenvalue weighted by atomic mass is 9.97. The molecule has 1 atom stereocenters. The third-order valence-electron chi connectivity index (χ3n) is 5.32. The fourth-order valence-electron chi connectivity index (χ4n) is 3.84. The van der Waals surface area contributed by atoms with Gasteiger partial charge in [0.15, 0.2) is 0 Å². The maximum Gasteiger partial charge on any atom is 0.322 e. The summed E-state index contributed by atoms with van der Waals surface area (Å²) in [5, 5.41) is 3.06. The van der Waals surface area contributed by atoms with Crippen LogP contribution < -0.4 is 5.32 Å². The Morgan fingerprint density at radius 3 is 3.00 bits per heavy atom. The molecule has 0 spiro atoms. The normalized spacial score (nSPS) is 17.2. The second-order valence-corrected chi connectivity index (χ2v) is 7.19. The molecular formula is C21H25N5O. The van der Waals surface area contributed by atoms with Crippen molar-refractivity contribution in [3.05, 3.63) is 54.6 Å². The lowest BCUT2D eigenvalue weighted by Crippen LogP contribution is -2.46. The molecule has 140 valence electrons. The molecule has 2 aromatic heterocycles. The predicted molar refractivity (Wildman–Crippen MR) is 107 cm³/mol. The van der Waals surface area contributed by atoms with E-state index in [0.717, 1.165) is 54.6 Å². The fraction of sp³-hybridized carbons (Fsp3) is 0.381. The monoisotopic (exact) mass is 363 g/mol. The van der Waals surface area contributed by atoms with Gasteiger partial charge in [-0.3, -0.25) is 4.98 Å². The molecule has 0 radical (unpaired) electrons. The highest BCUT2D eigenvalue weighted by molar-refractivity contribution is 5.92. The van der Waals surface area contributed by atoms with Crippen LogP contribution in [0.25, 0.3) is 11.0 Å². The number of rotatable bonds is 4. The van der Waals surface area contributed by atoms with Crippen LogP contribution in [-0.4, -0.2) is 38.1 Å². The molecule has 6 heteroatoms. The number of carbonyl (C=O) groups is 1. The fourth-order valence-corrected chi connectivity index (χ4v) is 3.84. The largest absolute Gasteiger partial charge is 0.334 e. The molecule has 3 aromatic rings. The highest BCUT2D eigenvalue weighted by atomic mass is 16.2. The number of aryl methyl sites for hydroxylation is 2. The Bertz CT molecular complexity index is 921. The van der Waals surface area contributed by atoms with Crippen molar-refractivity contribution < 1.29 is 4.79 Å². The summed E-state index contributed by atoms with van der Waals surface area (Å²) in [6.45, 7) is 0.810. The Balaban J connectivity index is 1.43. The smallest absolute Gasteiger partial charge is 0.322 e. The number of hydrogen-bond donors (Lipinski definition) is 1. The summed E-state index contributed by atoms with van der Waals surface area (Å²) in [6, 6.07) is 12.1. The summed E-state index contributed by atoms with van der Waals surface area (Å²) < 4.78 is 1.97. The number of anilines is 1. The van der Waals surface area contributed by atoms with E-state index in [9.17, 15) is 4.79 Å². The number of nitrogens with zero attached hydrogens (tertiary/aromatic N) is 4. The van der Waals surface area contributed by atoms with E-state index in [0.29, 0.717) is 0 Å². The zero-order valence-electron chi connectivity index (χ0n) is 15.6. The van der Waals surface area contributed by atoms with Gasteiger partial charge in [0.2, 0.25) is 0 Å². The Morgan fingerprint density at radius 2 is 2.15 bits per heavy atom. The third-order valence-corrected chi connectivity index (χ3v) is 5.32. The van der Waals surface area contributed by atoms with E-state index >= 15 is 0 Å². The quantitative estimate of drug-likeness (QED) is 0.762. The molecule has 3 heterocycles. The number of fused-ring (bicyclic) bond motifs is 1. The van der Waals surface area contributed by atoms with Crippen LogP contribution in [0.15, 0.2) is 48.9 Å². The number of urea groups is 1. The molecule has 1 aliphatic heterocycles. The number of imidazole rings is 1. The van der Waals surface area contributed by atoms with Crippen molar-refractivity contribution in [3.8, 4) is 0 Å². The van der Waals surface area contributed by atoms with Crippen LogP contribution in [-0.2, 0) is 13.5 Å². The van der Waals surface area contributed by atoms with Gasteiger partial charge in [-0.05, 0) is 62.4 Å². The highest BCUT2D eigenvalue weighted by Gasteiger charge is 2.26. The van der Waals surface area contributed by atoms with E-state index < -0.39 is 0 Å². The van der Waals surface area contributed by atoms with Crippen molar-refractivity contribution >= 4 is 22.8 Å². The number of likely N-dealkylation sites (tertiary alicyclic amines) is 1. The summed E-state index contributed by atoms with van der Waals surface area (Å²) in [6.07, 6.45) is 8.75. The average molecular weight is 363 g/mol. The standard InChI is InChI=1S/C21H25N5O/c1-25-15-23-19-14-17(9-11-20(19)25)24-21(27)26-13-5-3-7-18(26)10-8-16-6-2-4-12-22-16/h2,4,6,9,11-12,14-15,18H,3,5,7-8,10,13H2,1H3,(H,24,27). The molecule has 1 aliphatic rings. The van der Waals surface area contributed by atoms with E-state index in [4.69, 9.17) is 0 Å². The first-order valence-corrected chi connectivity index (χ1v) is 9.59. The minimum Gasteiger partial charge on any atom is -0.334 e. The van der Waals surface area contributed by atoms with Crippen molar-refractivity contribution in [2.45, 2.75) is 38.1 Å². The van der Waals surface area contributed by atoms with E-state index in [-0.39, 0.29) is 12.1 Å². The van der Waals surface area contributed by atoms with Crippen LogP contribution in [0.1, 0.15) is 31.4 Å². The summed E-state index contributed by atoms with van der Waals surface area (Å²) in [5.74, 6) is 0. The first kappa shape index (κ1) is 17.5. The highest BCUT2D eigenvalue weighted by Crippen LogP contribution is 2.23. The van der Waals surface area contributed by atoms with Gasteiger partial charge in [0.05, 0.1) is 17.4 Å². The summed E-state index contributed by atoms with van der Waals surface area (Å²) in [7, 11) is 1.97. The van der Waals surface area contributed by atoms with Crippen LogP contribution in [0.2, 0.25) is 0 Å². The van der Waals surface area contributed by atoms with Gasteiger partial charge in [-0.15, -0.1) is 0 Å². The Kier molecular flexibility index (Phi) is 5.05. The molecule has 1 fully saturated rings. The number of nitrogens with one attached hydrogen (secondary N) is 1. The SMILES string of the molecule is Cn1cnc2cc(NC(=O)N3CCCCC3CCc3ccccn3)ccc21. The van der Waals surface area contributed by atoms with Crippen LogP contribution in [0.5, 0.6) is 0 Å². The average Bonchev–Trinajstić information content (AvgIpc) is 3.07. The Labute approximate surface area is 159 Å². The summed E-state index contributed by atoms with van der Waals surface area (Å²) >= 11 is 0. The molecule has 0 aliphatic carbocycles. The molecule has 6 nitrogen and oxygen atoms in total. The lowest BCUT2D eigenvalue weighted by molar-refractivity contribution is 0.158. The number of hydrogen-bond acceptors (Lipinski definition) is 3. The van der Waals surface area contributed by atoms with Gasteiger partial charge in [0.25, 0.3) is 0 Å². The first-order valence-electron chi connectivity index (χ1n) is 9.59. The lowest BCUT2D eigenvalue weighted by Gasteiger charge is -2.35. The molecule has 1 N–H and O–H groups in total. The van der Waals surface area contributed by atoms with Crippen molar-refractivity contribution in [1.82, 2.24) is 19.4 Å². The molecule has 1 unspecified atom stereocenters. The van der Waals surface area contributed by atoms with E-state index in [1.165, 1.54) is 6.42 Å². The molecule has 27 heavy (non-hydrogen) atoms. The molecule has 1 aromatic carbocycles. The summed E-state index contributed by atoms with van der Waals surface area (Å²) in [5.41, 5.74) is 3.82. The van der Waals surface area contributed by atoms with Crippen molar-refractivity contribution in [1.29, 1.82) is 0 Å². The number of pyridine rings is 1. The number of amides is 2. The van der Waals surface area contributed by atoms with E-state index in [1.54, 1.807) is 6.33 Å². The molecular weight excluding hydrogens is 338 g/mol. The zero-order chi connectivity index (χ0) is 18.6. The van der Waals surface area contributed by atoms with E-state index in [1.807, 2.05) is 53.0 Å². The number of benzene rings is 1. The second kappa shape index (κ2) is 7.78. The molecule has 4 rings (SSSR count). The van der Waals surface area contributed by atoms with Gasteiger partial charge in [-0.1, -0.05) is 6.07 Å². The van der Waals surface area contributed by atoms with E-state index in [2.05, 4.69) is 21.4 Å². The maximum atomic E-state index is 12.9. The number of piperidine rings is 1. The number of aromatic nitrogens is 3. The van der Waals surface area contributed by atoms with Crippen LogP contribution in [0.4, 0.5) is 10.5 Å². The Morgan fingerprint density at radius 1 is 1.22 bits per heavy atom. The van der Waals surface area contributed by atoms with Crippen LogP contribution in [0, 0.1) is 0 Å². The Hall–Kier alpha value is -2.89. The maximum absolute atomic E-state index is 12.9. The molecule has 0 bridgehead atoms. The van der Waals surface area contributed by atoms with Crippen molar-refractivity contribution in [2.75, 3.05) is 11.9 Å². The van der Waals surface area contributed by atoms with Crippen molar-refractivity contribution in [2.24, 2.45) is 7.05 Å². The first-order chi connectivity index (χ1) is 13.2. The second-order valence-electron chi connectivity index (χ2n) is 7.19. The number of carbonyl (C=O) groups excluding carboxylic acids is 1. The predicted octanol–water partition coefficient (Wildman–Crippen LogP) is 3.99. The topological polar surface area (TPSA) is 63.1 Å². The van der Waals surface area contributed by atoms with Gasteiger partial charge >= 0.3 is 6.03 Å². The van der Waals surface area contributed by atoms with Gasteiger partial charge in [-0.25, -0.2) is 9.78 Å². The molecule has 2 amide bonds. The summed E-state index contributed by atoms with van der Waals surface area (Å²) in [4.78, 5) is 23.7.